The number of nitrogens with one attached hydrogen (secondary N) is 2. The first-order valence-electron chi connectivity index (χ1n) is 12.9. The van der Waals surface area contributed by atoms with E-state index in [1.54, 1.807) is 19.1 Å². The van der Waals surface area contributed by atoms with E-state index in [9.17, 15) is 4.79 Å². The van der Waals surface area contributed by atoms with Gasteiger partial charge < -0.3 is 25.7 Å². The Balaban J connectivity index is 1.40. The third kappa shape index (κ3) is 5.40. The second-order valence-corrected chi connectivity index (χ2v) is 9.74. The summed E-state index contributed by atoms with van der Waals surface area (Å²) in [6.45, 7) is 2.99. The lowest BCUT2D eigenvalue weighted by molar-refractivity contribution is 0.0526. The molecule has 0 spiro atoms. The van der Waals surface area contributed by atoms with Crippen molar-refractivity contribution in [1.82, 2.24) is 19.5 Å². The molecule has 9 heteroatoms. The molecular weight excluding hydrogens is 442 g/mol. The maximum absolute atomic E-state index is 12.0. The molecule has 0 amide bonds. The van der Waals surface area contributed by atoms with Crippen molar-refractivity contribution in [2.75, 3.05) is 23.8 Å². The Kier molecular flexibility index (Phi) is 7.13. The first-order valence-corrected chi connectivity index (χ1v) is 12.9. The van der Waals surface area contributed by atoms with Gasteiger partial charge in [-0.25, -0.2) is 9.78 Å². The van der Waals surface area contributed by atoms with Crippen LogP contribution in [0.2, 0.25) is 0 Å². The molecule has 0 radical (unpaired) electrons. The number of fused-ring (bicyclic) bond motifs is 1. The lowest BCUT2D eigenvalue weighted by Crippen LogP contribution is -2.29. The number of ether oxygens (including phenoxy) is 1. The summed E-state index contributed by atoms with van der Waals surface area (Å²) in [6, 6.07) is 7.98. The molecule has 186 valence electrons. The lowest BCUT2D eigenvalue weighted by atomic mass is 9.86. The molecule has 0 saturated heterocycles. The minimum atomic E-state index is -0.325. The van der Waals surface area contributed by atoms with E-state index in [-0.39, 0.29) is 5.97 Å². The van der Waals surface area contributed by atoms with Crippen molar-refractivity contribution in [1.29, 1.82) is 0 Å². The van der Waals surface area contributed by atoms with Gasteiger partial charge in [-0.2, -0.15) is 9.97 Å². The van der Waals surface area contributed by atoms with E-state index in [4.69, 9.17) is 20.4 Å². The number of esters is 1. The number of nitrogens with two attached hydrogens (primary N) is 1. The molecule has 2 fully saturated rings. The van der Waals surface area contributed by atoms with Crippen LogP contribution < -0.4 is 16.4 Å². The number of imidazole rings is 1. The first-order chi connectivity index (χ1) is 17.1. The zero-order valence-corrected chi connectivity index (χ0v) is 20.4. The van der Waals surface area contributed by atoms with E-state index < -0.39 is 0 Å². The smallest absolute Gasteiger partial charge is 0.338 e. The molecule has 2 saturated carbocycles. The van der Waals surface area contributed by atoms with Crippen molar-refractivity contribution in [2.24, 2.45) is 11.7 Å². The molecule has 5 rings (SSSR count). The standard InChI is InChI=1S/C26H35N7O2/c1-2-35-25(34)18-9-13-20(14-10-18)30-23-22-24(33(16-29-22)21-5-3-4-6-21)32-26(31-23)28-15-17-7-11-19(27)12-8-17/h9-10,13-14,16-17,19,21H,2-8,11-12,15,27H2,1H3,(H2,28,30,31,32)/t17-,19-. The topological polar surface area (TPSA) is 120 Å². The molecule has 2 heterocycles. The molecule has 0 unspecified atom stereocenters. The molecule has 2 aliphatic rings. The first kappa shape index (κ1) is 23.5. The fourth-order valence-corrected chi connectivity index (χ4v) is 5.20. The summed E-state index contributed by atoms with van der Waals surface area (Å²) in [5.41, 5.74) is 9.02. The highest BCUT2D eigenvalue weighted by Gasteiger charge is 2.23. The summed E-state index contributed by atoms with van der Waals surface area (Å²) in [5, 5.41) is 6.89. The van der Waals surface area contributed by atoms with Gasteiger partial charge in [0.15, 0.2) is 17.0 Å². The van der Waals surface area contributed by atoms with E-state index in [0.29, 0.717) is 41.9 Å². The van der Waals surface area contributed by atoms with Crippen molar-refractivity contribution in [3.63, 3.8) is 0 Å². The van der Waals surface area contributed by atoms with Crippen molar-refractivity contribution in [3.8, 4) is 0 Å². The van der Waals surface area contributed by atoms with Gasteiger partial charge >= 0.3 is 5.97 Å². The van der Waals surface area contributed by atoms with E-state index in [1.165, 1.54) is 12.8 Å². The van der Waals surface area contributed by atoms with Crippen LogP contribution in [0.15, 0.2) is 30.6 Å². The molecule has 2 aromatic heterocycles. The van der Waals surface area contributed by atoms with Crippen molar-refractivity contribution >= 4 is 34.6 Å². The monoisotopic (exact) mass is 477 g/mol. The number of benzene rings is 1. The second kappa shape index (κ2) is 10.6. The average Bonchev–Trinajstić information content (AvgIpc) is 3.54. The number of nitrogens with zero attached hydrogens (tertiary/aromatic N) is 4. The Labute approximate surface area is 205 Å². The molecular formula is C26H35N7O2. The van der Waals surface area contributed by atoms with Crippen LogP contribution in [0.3, 0.4) is 0 Å². The second-order valence-electron chi connectivity index (χ2n) is 9.74. The third-order valence-corrected chi connectivity index (χ3v) is 7.24. The summed E-state index contributed by atoms with van der Waals surface area (Å²) < 4.78 is 7.30. The lowest BCUT2D eigenvalue weighted by Gasteiger charge is -2.26. The summed E-state index contributed by atoms with van der Waals surface area (Å²) in [5.74, 6) is 1.52. The van der Waals surface area contributed by atoms with Crippen LogP contribution in [0, 0.1) is 5.92 Å². The Morgan fingerprint density at radius 3 is 2.54 bits per heavy atom. The van der Waals surface area contributed by atoms with Gasteiger partial charge in [-0.3, -0.25) is 0 Å². The van der Waals surface area contributed by atoms with E-state index >= 15 is 0 Å². The minimum absolute atomic E-state index is 0.325. The molecule has 2 aliphatic carbocycles. The number of aromatic nitrogens is 4. The fourth-order valence-electron chi connectivity index (χ4n) is 5.20. The minimum Gasteiger partial charge on any atom is -0.462 e. The van der Waals surface area contributed by atoms with Gasteiger partial charge in [-0.1, -0.05) is 12.8 Å². The van der Waals surface area contributed by atoms with Crippen molar-refractivity contribution in [2.45, 2.75) is 70.4 Å². The number of hydrogen-bond acceptors (Lipinski definition) is 8. The SMILES string of the molecule is CCOC(=O)c1ccc(Nc2nc(NC[C@H]3CC[C@H](N)CC3)nc3c2ncn3C2CCCC2)cc1. The van der Waals surface area contributed by atoms with Gasteiger partial charge in [-0.15, -0.1) is 0 Å². The van der Waals surface area contributed by atoms with Crippen LogP contribution in [0.1, 0.15) is 74.7 Å². The van der Waals surface area contributed by atoms with Crippen LogP contribution in [0.5, 0.6) is 0 Å². The zero-order chi connectivity index (χ0) is 24.2. The van der Waals surface area contributed by atoms with Gasteiger partial charge in [-0.05, 0) is 75.6 Å². The normalized spacial score (nSPS) is 20.7. The number of rotatable bonds is 8. The largest absolute Gasteiger partial charge is 0.462 e. The Morgan fingerprint density at radius 1 is 1.09 bits per heavy atom. The predicted molar refractivity (Wildman–Crippen MR) is 137 cm³/mol. The maximum Gasteiger partial charge on any atom is 0.338 e. The van der Waals surface area contributed by atoms with Gasteiger partial charge in [0.25, 0.3) is 0 Å². The summed E-state index contributed by atoms with van der Waals surface area (Å²) in [6.07, 6.45) is 11.1. The molecule has 3 aromatic rings. The summed E-state index contributed by atoms with van der Waals surface area (Å²) >= 11 is 0. The van der Waals surface area contributed by atoms with Gasteiger partial charge in [0, 0.05) is 24.3 Å². The van der Waals surface area contributed by atoms with Crippen LogP contribution >= 0.6 is 0 Å². The molecule has 1 aromatic carbocycles. The number of carbonyl (C=O) groups is 1. The molecule has 0 aliphatic heterocycles. The summed E-state index contributed by atoms with van der Waals surface area (Å²) in [7, 11) is 0. The number of anilines is 3. The molecule has 0 bridgehead atoms. The molecule has 0 atom stereocenters. The maximum atomic E-state index is 12.0. The zero-order valence-electron chi connectivity index (χ0n) is 20.4. The van der Waals surface area contributed by atoms with Gasteiger partial charge in [0.1, 0.15) is 0 Å². The van der Waals surface area contributed by atoms with Crippen LogP contribution in [0.4, 0.5) is 17.5 Å². The van der Waals surface area contributed by atoms with Crippen LogP contribution in [-0.4, -0.2) is 44.7 Å². The van der Waals surface area contributed by atoms with Gasteiger partial charge in [0.2, 0.25) is 5.95 Å². The number of carbonyl (C=O) groups excluding carboxylic acids is 1. The summed E-state index contributed by atoms with van der Waals surface area (Å²) in [4.78, 5) is 26.4. The van der Waals surface area contributed by atoms with Crippen LogP contribution in [-0.2, 0) is 4.74 Å². The Morgan fingerprint density at radius 2 is 1.83 bits per heavy atom. The fraction of sp³-hybridized carbons (Fsp3) is 0.538. The molecule has 9 nitrogen and oxygen atoms in total. The van der Waals surface area contributed by atoms with Crippen molar-refractivity contribution in [3.05, 3.63) is 36.2 Å². The van der Waals surface area contributed by atoms with E-state index in [0.717, 1.165) is 61.9 Å². The number of hydrogen-bond donors (Lipinski definition) is 3. The highest BCUT2D eigenvalue weighted by atomic mass is 16.5. The molecule has 4 N–H and O–H groups in total. The van der Waals surface area contributed by atoms with Gasteiger partial charge in [0.05, 0.1) is 18.5 Å². The quantitative estimate of drug-likeness (QED) is 0.396. The highest BCUT2D eigenvalue weighted by Crippen LogP contribution is 2.34. The van der Waals surface area contributed by atoms with Crippen molar-refractivity contribution < 1.29 is 9.53 Å². The predicted octanol–water partition coefficient (Wildman–Crippen LogP) is 4.79. The Bertz CT molecular complexity index is 1150. The molecule has 35 heavy (non-hydrogen) atoms. The Hall–Kier alpha value is -3.20. The van der Waals surface area contributed by atoms with Crippen LogP contribution in [0.25, 0.3) is 11.2 Å². The average molecular weight is 478 g/mol. The highest BCUT2D eigenvalue weighted by molar-refractivity contribution is 5.90. The van der Waals surface area contributed by atoms with E-state index in [2.05, 4.69) is 20.2 Å². The van der Waals surface area contributed by atoms with E-state index in [1.807, 2.05) is 18.5 Å². The third-order valence-electron chi connectivity index (χ3n) is 7.24.